The molecule has 4 nitrogen and oxygen atoms in total. The number of benzene rings is 1. The summed E-state index contributed by atoms with van der Waals surface area (Å²) in [5, 5.41) is 5.09. The lowest BCUT2D eigenvalue weighted by Gasteiger charge is -2.22. The highest BCUT2D eigenvalue weighted by Gasteiger charge is 2.18. The van der Waals surface area contributed by atoms with Crippen molar-refractivity contribution in [3.63, 3.8) is 0 Å². The lowest BCUT2D eigenvalue weighted by atomic mass is 9.85. The molecule has 2 rings (SSSR count). The van der Waals surface area contributed by atoms with Gasteiger partial charge in [-0.2, -0.15) is 5.10 Å². The molecular weight excluding hydrogens is 347 g/mol. The van der Waals surface area contributed by atoms with Crippen LogP contribution in [0.5, 0.6) is 5.75 Å². The molecule has 0 fully saturated rings. The molecule has 0 unspecified atom stereocenters. The lowest BCUT2D eigenvalue weighted by molar-refractivity contribution is -0.123. The molecule has 1 aliphatic rings. The normalized spacial score (nSPS) is 18.9. The molecule has 1 atom stereocenters. The van der Waals surface area contributed by atoms with E-state index in [0.29, 0.717) is 21.7 Å². The first-order chi connectivity index (χ1) is 11.4. The van der Waals surface area contributed by atoms with E-state index in [2.05, 4.69) is 23.2 Å². The first-order valence-corrected chi connectivity index (χ1v) is 8.38. The first kappa shape index (κ1) is 18.6. The number of halogens is 2. The largest absolute Gasteiger partial charge is 0.482 e. The maximum absolute atomic E-state index is 11.9. The monoisotopic (exact) mass is 366 g/mol. The fourth-order valence-electron chi connectivity index (χ4n) is 2.32. The molecular formula is C18H20Cl2N2O2. The summed E-state index contributed by atoms with van der Waals surface area (Å²) in [4.78, 5) is 11.9. The van der Waals surface area contributed by atoms with Crippen LogP contribution >= 0.6 is 23.2 Å². The van der Waals surface area contributed by atoms with E-state index in [9.17, 15) is 4.79 Å². The average Bonchev–Trinajstić information content (AvgIpc) is 2.53. The molecule has 1 amide bonds. The van der Waals surface area contributed by atoms with Gasteiger partial charge in [-0.1, -0.05) is 41.4 Å². The third kappa shape index (κ3) is 5.11. The number of carbonyl (C=O) groups is 1. The Kier molecular flexibility index (Phi) is 6.46. The SMILES string of the molecule is C=C(C)[C@@H]1CC=C(C)C(=NNC(=O)COc2ccc(Cl)cc2Cl)C1. The second-order valence-corrected chi connectivity index (χ2v) is 6.67. The Morgan fingerprint density at radius 1 is 1.46 bits per heavy atom. The van der Waals surface area contributed by atoms with Gasteiger partial charge in [0.15, 0.2) is 6.61 Å². The van der Waals surface area contributed by atoms with Crippen LogP contribution in [0.1, 0.15) is 26.7 Å². The second kappa shape index (κ2) is 8.36. The Labute approximate surface area is 152 Å². The molecule has 0 bridgehead atoms. The van der Waals surface area contributed by atoms with Gasteiger partial charge in [0.05, 0.1) is 10.7 Å². The molecule has 1 aromatic carbocycles. The van der Waals surface area contributed by atoms with Crippen LogP contribution in [0.3, 0.4) is 0 Å². The molecule has 0 heterocycles. The number of amides is 1. The van der Waals surface area contributed by atoms with E-state index in [1.54, 1.807) is 18.2 Å². The topological polar surface area (TPSA) is 50.7 Å². The van der Waals surface area contributed by atoms with Gasteiger partial charge in [-0.3, -0.25) is 4.79 Å². The van der Waals surface area contributed by atoms with E-state index in [0.717, 1.165) is 29.7 Å². The van der Waals surface area contributed by atoms with Crippen molar-refractivity contribution in [3.05, 3.63) is 52.0 Å². The number of rotatable bonds is 5. The van der Waals surface area contributed by atoms with Crippen molar-refractivity contribution in [1.29, 1.82) is 0 Å². The number of hydrogen-bond acceptors (Lipinski definition) is 3. The van der Waals surface area contributed by atoms with Gasteiger partial charge in [0, 0.05) is 5.02 Å². The van der Waals surface area contributed by atoms with Crippen LogP contribution in [0.25, 0.3) is 0 Å². The van der Waals surface area contributed by atoms with Gasteiger partial charge in [0.2, 0.25) is 0 Å². The van der Waals surface area contributed by atoms with Crippen LogP contribution < -0.4 is 10.2 Å². The minimum absolute atomic E-state index is 0.176. The third-order valence-corrected chi connectivity index (χ3v) is 4.40. The summed E-state index contributed by atoms with van der Waals surface area (Å²) in [5.74, 6) is 0.423. The highest BCUT2D eigenvalue weighted by atomic mass is 35.5. The van der Waals surface area contributed by atoms with E-state index >= 15 is 0 Å². The van der Waals surface area contributed by atoms with Gasteiger partial charge in [-0.05, 0) is 56.4 Å². The molecule has 0 spiro atoms. The molecule has 1 aromatic rings. The molecule has 24 heavy (non-hydrogen) atoms. The second-order valence-electron chi connectivity index (χ2n) is 5.83. The molecule has 1 N–H and O–H groups in total. The summed E-state index contributed by atoms with van der Waals surface area (Å²) in [6.07, 6.45) is 3.87. The van der Waals surface area contributed by atoms with Crippen molar-refractivity contribution >= 4 is 34.8 Å². The van der Waals surface area contributed by atoms with Crippen LogP contribution in [0.4, 0.5) is 0 Å². The minimum Gasteiger partial charge on any atom is -0.482 e. The first-order valence-electron chi connectivity index (χ1n) is 7.62. The molecule has 1 aliphatic carbocycles. The van der Waals surface area contributed by atoms with E-state index in [-0.39, 0.29) is 12.5 Å². The van der Waals surface area contributed by atoms with Crippen molar-refractivity contribution in [2.45, 2.75) is 26.7 Å². The lowest BCUT2D eigenvalue weighted by Crippen LogP contribution is -2.27. The fourth-order valence-corrected chi connectivity index (χ4v) is 2.78. The molecule has 0 radical (unpaired) electrons. The van der Waals surface area contributed by atoms with Crippen LogP contribution in [0.2, 0.25) is 10.0 Å². The number of hydrogen-bond donors (Lipinski definition) is 1. The zero-order chi connectivity index (χ0) is 17.7. The minimum atomic E-state index is -0.348. The summed E-state index contributed by atoms with van der Waals surface area (Å²) in [6, 6.07) is 4.83. The smallest absolute Gasteiger partial charge is 0.277 e. The number of nitrogens with one attached hydrogen (secondary N) is 1. The number of hydrazone groups is 1. The average molecular weight is 367 g/mol. The van der Waals surface area contributed by atoms with E-state index in [1.165, 1.54) is 0 Å². The highest BCUT2D eigenvalue weighted by molar-refractivity contribution is 6.35. The van der Waals surface area contributed by atoms with Crippen LogP contribution in [-0.4, -0.2) is 18.2 Å². The van der Waals surface area contributed by atoms with Crippen molar-refractivity contribution in [2.24, 2.45) is 11.0 Å². The van der Waals surface area contributed by atoms with Gasteiger partial charge in [0.1, 0.15) is 5.75 Å². The van der Waals surface area contributed by atoms with Gasteiger partial charge < -0.3 is 4.74 Å². The summed E-state index contributed by atoms with van der Waals surface area (Å²) in [5.41, 5.74) is 5.60. The molecule has 0 aliphatic heterocycles. The highest BCUT2D eigenvalue weighted by Crippen LogP contribution is 2.28. The number of ether oxygens (including phenoxy) is 1. The maximum Gasteiger partial charge on any atom is 0.277 e. The van der Waals surface area contributed by atoms with Crippen LogP contribution in [0, 0.1) is 5.92 Å². The molecule has 0 saturated heterocycles. The van der Waals surface area contributed by atoms with Crippen molar-refractivity contribution in [1.82, 2.24) is 5.43 Å². The quantitative estimate of drug-likeness (QED) is 0.602. The number of carbonyl (C=O) groups excluding carboxylic acids is 1. The maximum atomic E-state index is 11.9. The Bertz CT molecular complexity index is 711. The molecule has 0 aromatic heterocycles. The zero-order valence-corrected chi connectivity index (χ0v) is 15.2. The fraction of sp³-hybridized carbons (Fsp3) is 0.333. The van der Waals surface area contributed by atoms with Crippen LogP contribution in [-0.2, 0) is 4.79 Å². The third-order valence-electron chi connectivity index (χ3n) is 3.87. The van der Waals surface area contributed by atoms with Crippen molar-refractivity contribution in [3.8, 4) is 5.75 Å². The van der Waals surface area contributed by atoms with E-state index < -0.39 is 0 Å². The number of allylic oxidation sites excluding steroid dienone is 3. The predicted octanol–water partition coefficient (Wildman–Crippen LogP) is 4.78. The Hall–Kier alpha value is -1.78. The predicted molar refractivity (Wildman–Crippen MR) is 98.8 cm³/mol. The molecule has 128 valence electrons. The van der Waals surface area contributed by atoms with Crippen molar-refractivity contribution < 1.29 is 9.53 Å². The van der Waals surface area contributed by atoms with E-state index in [1.807, 2.05) is 13.8 Å². The Balaban J connectivity index is 1.91. The molecule has 6 heteroatoms. The summed E-state index contributed by atoms with van der Waals surface area (Å²) in [6.45, 7) is 7.82. The standard InChI is InChI=1S/C18H20Cl2N2O2/c1-11(2)13-5-4-12(3)16(8-13)21-22-18(23)10-24-17-7-6-14(19)9-15(17)20/h4,6-7,9,13H,1,5,8,10H2,2-3H3,(H,22,23)/t13-/m1/s1. The van der Waals surface area contributed by atoms with Crippen molar-refractivity contribution in [2.75, 3.05) is 6.61 Å². The Morgan fingerprint density at radius 2 is 2.21 bits per heavy atom. The summed E-state index contributed by atoms with van der Waals surface area (Å²) < 4.78 is 5.38. The van der Waals surface area contributed by atoms with Gasteiger partial charge in [-0.15, -0.1) is 0 Å². The zero-order valence-electron chi connectivity index (χ0n) is 13.7. The summed E-state index contributed by atoms with van der Waals surface area (Å²) in [7, 11) is 0. The summed E-state index contributed by atoms with van der Waals surface area (Å²) >= 11 is 11.8. The van der Waals surface area contributed by atoms with E-state index in [4.69, 9.17) is 27.9 Å². The van der Waals surface area contributed by atoms with Gasteiger partial charge in [-0.25, -0.2) is 5.43 Å². The Morgan fingerprint density at radius 3 is 2.88 bits per heavy atom. The molecule has 0 saturated carbocycles. The van der Waals surface area contributed by atoms with Crippen LogP contribution in [0.15, 0.2) is 47.1 Å². The number of nitrogens with zero attached hydrogens (tertiary/aromatic N) is 1. The van der Waals surface area contributed by atoms with Gasteiger partial charge in [0.25, 0.3) is 5.91 Å². The van der Waals surface area contributed by atoms with Gasteiger partial charge >= 0.3 is 0 Å².